The van der Waals surface area contributed by atoms with E-state index < -0.39 is 74.6 Å². The van der Waals surface area contributed by atoms with E-state index >= 15 is 0 Å². The van der Waals surface area contributed by atoms with E-state index in [-0.39, 0.29) is 0 Å². The lowest BCUT2D eigenvalue weighted by atomic mass is 9.97. The molecule has 0 spiro atoms. The fourth-order valence-electron chi connectivity index (χ4n) is 2.57. The van der Waals surface area contributed by atoms with Crippen LogP contribution in [0.2, 0.25) is 0 Å². The Bertz CT molecular complexity index is 378. The molecule has 0 aromatic rings. The molecule has 2 heterocycles. The molecule has 23 heavy (non-hydrogen) atoms. The SMILES string of the molecule is OCC1OC(O)C(O)C(O)C1O[C@@H]1O[C@H](CO)[C@@H](O)[C@H](O)[C@H]1O. The van der Waals surface area contributed by atoms with Gasteiger partial charge < -0.3 is 55.1 Å². The predicted molar refractivity (Wildman–Crippen MR) is 68.6 cm³/mol. The maximum Gasteiger partial charge on any atom is 0.187 e. The number of hydrogen-bond donors (Lipinski definition) is 8. The summed E-state index contributed by atoms with van der Waals surface area (Å²) < 4.78 is 15.3. The summed E-state index contributed by atoms with van der Waals surface area (Å²) in [4.78, 5) is 0. The van der Waals surface area contributed by atoms with E-state index in [4.69, 9.17) is 19.3 Å². The van der Waals surface area contributed by atoms with E-state index in [1.54, 1.807) is 0 Å². The van der Waals surface area contributed by atoms with Crippen molar-refractivity contribution in [1.29, 1.82) is 0 Å². The first-order valence-electron chi connectivity index (χ1n) is 7.08. The van der Waals surface area contributed by atoms with Gasteiger partial charge in [0.2, 0.25) is 0 Å². The zero-order valence-electron chi connectivity index (χ0n) is 12.0. The highest BCUT2D eigenvalue weighted by atomic mass is 16.7. The normalized spacial score (nSPS) is 51.7. The second-order valence-electron chi connectivity index (χ2n) is 5.53. The van der Waals surface area contributed by atoms with Crippen LogP contribution in [0.3, 0.4) is 0 Å². The van der Waals surface area contributed by atoms with Gasteiger partial charge in [-0.2, -0.15) is 0 Å². The van der Waals surface area contributed by atoms with Crippen molar-refractivity contribution in [2.45, 2.75) is 61.4 Å². The third-order valence-corrected chi connectivity index (χ3v) is 3.98. The molecular formula is C12H22O11. The molecule has 0 saturated carbocycles. The van der Waals surface area contributed by atoms with Crippen LogP contribution in [0.25, 0.3) is 0 Å². The molecule has 0 aliphatic carbocycles. The molecule has 8 N–H and O–H groups in total. The zero-order chi connectivity index (χ0) is 17.3. The molecule has 2 fully saturated rings. The fraction of sp³-hybridized carbons (Fsp3) is 1.00. The van der Waals surface area contributed by atoms with E-state index in [0.29, 0.717) is 0 Å². The fourth-order valence-corrected chi connectivity index (χ4v) is 2.57. The second kappa shape index (κ2) is 7.63. The molecule has 0 bridgehead atoms. The van der Waals surface area contributed by atoms with Crippen LogP contribution >= 0.6 is 0 Å². The van der Waals surface area contributed by atoms with Crippen LogP contribution in [0, 0.1) is 0 Å². The Labute approximate surface area is 130 Å². The Morgan fingerprint density at radius 2 is 1.26 bits per heavy atom. The minimum Gasteiger partial charge on any atom is -0.394 e. The quantitative estimate of drug-likeness (QED) is 0.243. The lowest BCUT2D eigenvalue weighted by Crippen LogP contribution is -2.64. The first kappa shape index (κ1) is 18.9. The van der Waals surface area contributed by atoms with Crippen molar-refractivity contribution in [1.82, 2.24) is 0 Å². The minimum atomic E-state index is -1.74. The average molecular weight is 342 g/mol. The van der Waals surface area contributed by atoms with Gasteiger partial charge in [-0.05, 0) is 0 Å². The van der Waals surface area contributed by atoms with E-state index in [1.807, 2.05) is 0 Å². The summed E-state index contributed by atoms with van der Waals surface area (Å²) in [6, 6.07) is 0. The van der Waals surface area contributed by atoms with E-state index in [9.17, 15) is 35.7 Å². The molecule has 0 amide bonds. The average Bonchev–Trinajstić information content (AvgIpc) is 2.55. The highest BCUT2D eigenvalue weighted by Gasteiger charge is 2.50. The van der Waals surface area contributed by atoms with Crippen molar-refractivity contribution in [2.24, 2.45) is 0 Å². The van der Waals surface area contributed by atoms with Crippen LogP contribution in [0.15, 0.2) is 0 Å². The van der Waals surface area contributed by atoms with Crippen molar-refractivity contribution < 1.29 is 55.1 Å². The third kappa shape index (κ3) is 3.65. The van der Waals surface area contributed by atoms with Gasteiger partial charge in [-0.15, -0.1) is 0 Å². The highest BCUT2D eigenvalue weighted by molar-refractivity contribution is 4.93. The Balaban J connectivity index is 2.11. The number of ether oxygens (including phenoxy) is 3. The number of aliphatic hydroxyl groups is 8. The first-order valence-corrected chi connectivity index (χ1v) is 7.08. The second-order valence-corrected chi connectivity index (χ2v) is 5.53. The van der Waals surface area contributed by atoms with Crippen LogP contribution in [0.1, 0.15) is 0 Å². The molecule has 2 saturated heterocycles. The van der Waals surface area contributed by atoms with Gasteiger partial charge in [0.25, 0.3) is 0 Å². The largest absolute Gasteiger partial charge is 0.394 e. The summed E-state index contributed by atoms with van der Waals surface area (Å²) in [5, 5.41) is 76.5. The molecule has 0 aromatic heterocycles. The summed E-state index contributed by atoms with van der Waals surface area (Å²) in [5.74, 6) is 0. The van der Waals surface area contributed by atoms with Gasteiger partial charge in [0.15, 0.2) is 12.6 Å². The van der Waals surface area contributed by atoms with Crippen molar-refractivity contribution in [3.63, 3.8) is 0 Å². The summed E-state index contributed by atoms with van der Waals surface area (Å²) in [7, 11) is 0. The number of hydrogen-bond acceptors (Lipinski definition) is 11. The van der Waals surface area contributed by atoms with E-state index in [1.165, 1.54) is 0 Å². The van der Waals surface area contributed by atoms with E-state index in [0.717, 1.165) is 0 Å². The Hall–Kier alpha value is -0.440. The molecule has 0 aromatic carbocycles. The lowest BCUT2D eigenvalue weighted by molar-refractivity contribution is -0.355. The molecular weight excluding hydrogens is 320 g/mol. The van der Waals surface area contributed by atoms with Gasteiger partial charge in [0.05, 0.1) is 13.2 Å². The Morgan fingerprint density at radius 1 is 0.652 bits per heavy atom. The maximum atomic E-state index is 9.94. The summed E-state index contributed by atoms with van der Waals surface area (Å²) >= 11 is 0. The monoisotopic (exact) mass is 342 g/mol. The smallest absolute Gasteiger partial charge is 0.187 e. The van der Waals surface area contributed by atoms with Crippen LogP contribution in [0.5, 0.6) is 0 Å². The topological polar surface area (TPSA) is 190 Å². The van der Waals surface area contributed by atoms with Gasteiger partial charge >= 0.3 is 0 Å². The van der Waals surface area contributed by atoms with Crippen molar-refractivity contribution in [3.05, 3.63) is 0 Å². The van der Waals surface area contributed by atoms with Crippen molar-refractivity contribution in [2.75, 3.05) is 13.2 Å². The molecule has 136 valence electrons. The lowest BCUT2D eigenvalue weighted by Gasteiger charge is -2.45. The maximum absolute atomic E-state index is 9.94. The van der Waals surface area contributed by atoms with Gasteiger partial charge in [-0.3, -0.25) is 0 Å². The molecule has 5 unspecified atom stereocenters. The van der Waals surface area contributed by atoms with Crippen LogP contribution < -0.4 is 0 Å². The highest BCUT2D eigenvalue weighted by Crippen LogP contribution is 2.28. The Kier molecular flexibility index (Phi) is 6.27. The van der Waals surface area contributed by atoms with Gasteiger partial charge in [-0.1, -0.05) is 0 Å². The molecule has 2 aliphatic heterocycles. The van der Waals surface area contributed by atoms with E-state index in [2.05, 4.69) is 0 Å². The molecule has 11 heteroatoms. The number of aliphatic hydroxyl groups excluding tert-OH is 8. The summed E-state index contributed by atoms with van der Waals surface area (Å²) in [6.45, 7) is -1.35. The summed E-state index contributed by atoms with van der Waals surface area (Å²) in [6.07, 6.45) is -15.6. The number of rotatable bonds is 4. The Morgan fingerprint density at radius 3 is 1.83 bits per heavy atom. The molecule has 2 rings (SSSR count). The van der Waals surface area contributed by atoms with Gasteiger partial charge in [0.1, 0.15) is 48.8 Å². The van der Waals surface area contributed by atoms with Crippen molar-refractivity contribution >= 4 is 0 Å². The van der Waals surface area contributed by atoms with Crippen LogP contribution in [0.4, 0.5) is 0 Å². The van der Waals surface area contributed by atoms with Crippen LogP contribution in [-0.2, 0) is 14.2 Å². The molecule has 0 radical (unpaired) electrons. The van der Waals surface area contributed by atoms with Crippen LogP contribution in [-0.4, -0.2) is 115 Å². The standard InChI is InChI=1S/C12H22O11/c13-1-3-5(15)6(16)9(19)12(22-3)23-10-4(2-14)21-11(20)8(18)7(10)17/h3-20H,1-2H2/t3-,4?,5-,6+,7?,8?,9-,10?,11?,12+/m1/s1. The van der Waals surface area contributed by atoms with Gasteiger partial charge in [-0.25, -0.2) is 0 Å². The first-order chi connectivity index (χ1) is 10.8. The molecule has 2 aliphatic rings. The van der Waals surface area contributed by atoms with Crippen molar-refractivity contribution in [3.8, 4) is 0 Å². The molecule has 11 nitrogen and oxygen atoms in total. The minimum absolute atomic E-state index is 0.667. The zero-order valence-corrected chi connectivity index (χ0v) is 12.0. The molecule has 10 atom stereocenters. The van der Waals surface area contributed by atoms with Gasteiger partial charge in [0, 0.05) is 0 Å². The third-order valence-electron chi connectivity index (χ3n) is 3.98. The summed E-state index contributed by atoms with van der Waals surface area (Å²) in [5.41, 5.74) is 0. The predicted octanol–water partition coefficient (Wildman–Crippen LogP) is -5.40.